The maximum atomic E-state index is 9.43. The molecule has 114 valence electrons. The summed E-state index contributed by atoms with van der Waals surface area (Å²) in [7, 11) is 0. The Morgan fingerprint density at radius 1 is 1.17 bits per heavy atom. The average Bonchev–Trinajstić information content (AvgIpc) is 2.55. The summed E-state index contributed by atoms with van der Waals surface area (Å²) in [5, 5.41) is 10.0. The lowest BCUT2D eigenvalue weighted by atomic mass is 9.89. The number of hydrogen-bond acceptors (Lipinski definition) is 3. The molecule has 0 bridgehead atoms. The first kappa shape index (κ1) is 15.2. The Labute approximate surface area is 140 Å². The molecule has 0 saturated heterocycles. The molecule has 0 aromatic heterocycles. The Kier molecular flexibility index (Phi) is 4.10. The number of allylic oxidation sites excluding steroid dienone is 2. The molecule has 0 spiro atoms. The zero-order chi connectivity index (χ0) is 16.4. The van der Waals surface area contributed by atoms with Crippen molar-refractivity contribution in [2.24, 2.45) is 5.73 Å². The highest BCUT2D eigenvalue weighted by molar-refractivity contribution is 6.30. The third kappa shape index (κ3) is 3.08. The third-order valence-corrected chi connectivity index (χ3v) is 4.01. The van der Waals surface area contributed by atoms with E-state index < -0.39 is 0 Å². The van der Waals surface area contributed by atoms with Crippen LogP contribution in [0.1, 0.15) is 22.6 Å². The van der Waals surface area contributed by atoms with Gasteiger partial charge in [-0.2, -0.15) is 5.26 Å². The minimum Gasteiger partial charge on any atom is -0.440 e. The number of halogens is 1. The van der Waals surface area contributed by atoms with Crippen molar-refractivity contribution in [3.8, 4) is 6.07 Å². The fourth-order valence-corrected chi connectivity index (χ4v) is 2.75. The molecule has 1 atom stereocenters. The largest absolute Gasteiger partial charge is 0.440 e. The summed E-state index contributed by atoms with van der Waals surface area (Å²) >= 11 is 6.08. The smallest absolute Gasteiger partial charge is 0.205 e. The number of ether oxygens (including phenoxy) is 1. The van der Waals surface area contributed by atoms with E-state index in [0.717, 1.165) is 16.7 Å². The Hall–Kier alpha value is -2.70. The summed E-state index contributed by atoms with van der Waals surface area (Å²) in [4.78, 5) is 0. The highest BCUT2D eigenvalue weighted by atomic mass is 35.5. The van der Waals surface area contributed by atoms with Gasteiger partial charge in [-0.15, -0.1) is 0 Å². The second kappa shape index (κ2) is 6.20. The molecular weight excluding hydrogens is 308 g/mol. The highest BCUT2D eigenvalue weighted by Crippen LogP contribution is 2.36. The quantitative estimate of drug-likeness (QED) is 0.885. The number of rotatable bonds is 2. The van der Waals surface area contributed by atoms with Gasteiger partial charge in [0.1, 0.15) is 17.4 Å². The summed E-state index contributed by atoms with van der Waals surface area (Å²) in [5.74, 6) is 0.505. The van der Waals surface area contributed by atoms with Crippen molar-refractivity contribution in [2.45, 2.75) is 12.8 Å². The van der Waals surface area contributed by atoms with Gasteiger partial charge in [0.15, 0.2) is 0 Å². The van der Waals surface area contributed by atoms with E-state index in [2.05, 4.69) is 6.07 Å². The number of benzene rings is 2. The minimum atomic E-state index is -0.274. The van der Waals surface area contributed by atoms with Crippen LogP contribution in [0.3, 0.4) is 0 Å². The van der Waals surface area contributed by atoms with Gasteiger partial charge in [-0.1, -0.05) is 53.6 Å². The molecule has 1 aliphatic rings. The van der Waals surface area contributed by atoms with Gasteiger partial charge in [0.05, 0.1) is 0 Å². The number of aryl methyl sites for hydroxylation is 1. The van der Waals surface area contributed by atoms with Gasteiger partial charge in [0.2, 0.25) is 5.88 Å². The summed E-state index contributed by atoms with van der Waals surface area (Å²) in [6.07, 6.45) is 1.91. The number of hydrogen-bond donors (Lipinski definition) is 1. The number of nitriles is 1. The van der Waals surface area contributed by atoms with Gasteiger partial charge in [0.25, 0.3) is 0 Å². The lowest BCUT2D eigenvalue weighted by molar-refractivity contribution is 0.360. The van der Waals surface area contributed by atoms with Crippen LogP contribution in [-0.2, 0) is 4.74 Å². The van der Waals surface area contributed by atoms with Gasteiger partial charge in [-0.05, 0) is 30.7 Å². The first-order chi connectivity index (χ1) is 11.1. The zero-order valence-electron chi connectivity index (χ0n) is 12.6. The SMILES string of the molecule is Cc1ccc(C2=CC(c3cccc(Cl)c3)C(C#N)=C(N)O2)cc1. The van der Waals surface area contributed by atoms with Crippen LogP contribution >= 0.6 is 11.6 Å². The predicted octanol–water partition coefficient (Wildman–Crippen LogP) is 4.50. The Bertz CT molecular complexity index is 844. The Balaban J connectivity index is 2.08. The van der Waals surface area contributed by atoms with Crippen LogP contribution in [0.5, 0.6) is 0 Å². The molecule has 0 fully saturated rings. The summed E-state index contributed by atoms with van der Waals surface area (Å²) in [5.41, 5.74) is 9.36. The molecule has 2 aromatic rings. The van der Waals surface area contributed by atoms with E-state index in [0.29, 0.717) is 16.4 Å². The molecule has 0 amide bonds. The van der Waals surface area contributed by atoms with E-state index in [1.165, 1.54) is 0 Å². The second-order valence-corrected chi connectivity index (χ2v) is 5.86. The Morgan fingerprint density at radius 3 is 2.57 bits per heavy atom. The van der Waals surface area contributed by atoms with Crippen molar-refractivity contribution < 1.29 is 4.74 Å². The maximum Gasteiger partial charge on any atom is 0.205 e. The fraction of sp³-hybridized carbons (Fsp3) is 0.105. The topological polar surface area (TPSA) is 59.0 Å². The lowest BCUT2D eigenvalue weighted by Gasteiger charge is -2.23. The molecule has 0 saturated carbocycles. The van der Waals surface area contributed by atoms with Gasteiger partial charge >= 0.3 is 0 Å². The van der Waals surface area contributed by atoms with Crippen molar-refractivity contribution in [1.29, 1.82) is 5.26 Å². The highest BCUT2D eigenvalue weighted by Gasteiger charge is 2.26. The average molecular weight is 323 g/mol. The van der Waals surface area contributed by atoms with Crippen LogP contribution in [-0.4, -0.2) is 0 Å². The minimum absolute atomic E-state index is 0.135. The van der Waals surface area contributed by atoms with Crippen LogP contribution in [0, 0.1) is 18.3 Å². The number of nitrogens with zero attached hydrogens (tertiary/aromatic N) is 1. The predicted molar refractivity (Wildman–Crippen MR) is 91.3 cm³/mol. The molecule has 4 heteroatoms. The van der Waals surface area contributed by atoms with Gasteiger partial charge < -0.3 is 10.5 Å². The summed E-state index contributed by atoms with van der Waals surface area (Å²) in [6.45, 7) is 2.02. The van der Waals surface area contributed by atoms with Crippen molar-refractivity contribution in [1.82, 2.24) is 0 Å². The Morgan fingerprint density at radius 2 is 1.91 bits per heavy atom. The molecule has 2 N–H and O–H groups in total. The first-order valence-electron chi connectivity index (χ1n) is 7.20. The third-order valence-electron chi connectivity index (χ3n) is 3.78. The normalized spacial score (nSPS) is 17.3. The molecule has 0 radical (unpaired) electrons. The molecule has 1 unspecified atom stereocenters. The van der Waals surface area contributed by atoms with E-state index >= 15 is 0 Å². The fourth-order valence-electron chi connectivity index (χ4n) is 2.56. The zero-order valence-corrected chi connectivity index (χ0v) is 13.3. The van der Waals surface area contributed by atoms with Crippen molar-refractivity contribution >= 4 is 17.4 Å². The second-order valence-electron chi connectivity index (χ2n) is 5.42. The molecule has 0 aliphatic carbocycles. The first-order valence-corrected chi connectivity index (χ1v) is 7.58. The van der Waals surface area contributed by atoms with Gasteiger partial charge in [-0.3, -0.25) is 0 Å². The standard InChI is InChI=1S/C19H15ClN2O/c1-12-5-7-13(8-6-12)18-10-16(17(11-21)19(22)23-18)14-3-2-4-15(20)9-14/h2-10,16H,22H2,1H3. The number of nitrogens with two attached hydrogens (primary N) is 1. The molecule has 1 heterocycles. The molecule has 2 aromatic carbocycles. The monoisotopic (exact) mass is 322 g/mol. The van der Waals surface area contributed by atoms with Crippen LogP contribution in [0.25, 0.3) is 5.76 Å². The maximum absolute atomic E-state index is 9.43. The van der Waals surface area contributed by atoms with E-state index in [-0.39, 0.29) is 11.8 Å². The van der Waals surface area contributed by atoms with Crippen LogP contribution in [0.4, 0.5) is 0 Å². The van der Waals surface area contributed by atoms with Gasteiger partial charge in [-0.25, -0.2) is 0 Å². The molecule has 3 rings (SSSR count). The van der Waals surface area contributed by atoms with E-state index in [9.17, 15) is 5.26 Å². The van der Waals surface area contributed by atoms with Crippen LogP contribution < -0.4 is 5.73 Å². The van der Waals surface area contributed by atoms with Crippen molar-refractivity contribution in [3.05, 3.63) is 87.8 Å². The van der Waals surface area contributed by atoms with E-state index in [4.69, 9.17) is 22.1 Å². The van der Waals surface area contributed by atoms with Crippen molar-refractivity contribution in [2.75, 3.05) is 0 Å². The molecule has 3 nitrogen and oxygen atoms in total. The van der Waals surface area contributed by atoms with Crippen molar-refractivity contribution in [3.63, 3.8) is 0 Å². The summed E-state index contributed by atoms with van der Waals surface area (Å²) in [6, 6.07) is 17.5. The lowest BCUT2D eigenvalue weighted by Crippen LogP contribution is -2.16. The van der Waals surface area contributed by atoms with E-state index in [1.807, 2.05) is 55.5 Å². The van der Waals surface area contributed by atoms with Crippen LogP contribution in [0.2, 0.25) is 5.02 Å². The van der Waals surface area contributed by atoms with Gasteiger partial charge in [0, 0.05) is 16.5 Å². The summed E-state index contributed by atoms with van der Waals surface area (Å²) < 4.78 is 5.66. The molecule has 1 aliphatic heterocycles. The molecule has 23 heavy (non-hydrogen) atoms. The molecular formula is C19H15ClN2O. The van der Waals surface area contributed by atoms with E-state index in [1.54, 1.807) is 6.07 Å². The van der Waals surface area contributed by atoms with Crippen LogP contribution in [0.15, 0.2) is 66.1 Å².